The van der Waals surface area contributed by atoms with Crippen molar-refractivity contribution in [3.05, 3.63) is 47.7 Å². The number of pyridine rings is 1. The lowest BCUT2D eigenvalue weighted by molar-refractivity contribution is -0.137. The Balaban J connectivity index is 1.73. The number of aromatic nitrogens is 4. The van der Waals surface area contributed by atoms with Gasteiger partial charge in [-0.25, -0.2) is 9.97 Å². The van der Waals surface area contributed by atoms with E-state index >= 15 is 0 Å². The third-order valence-electron chi connectivity index (χ3n) is 4.31. The second-order valence-electron chi connectivity index (χ2n) is 5.86. The van der Waals surface area contributed by atoms with E-state index in [9.17, 15) is 13.2 Å². The number of alkyl halides is 3. The second kappa shape index (κ2) is 5.19. The van der Waals surface area contributed by atoms with Gasteiger partial charge in [-0.1, -0.05) is 0 Å². The number of hydrogen-bond donors (Lipinski definition) is 0. The van der Waals surface area contributed by atoms with Gasteiger partial charge in [0, 0.05) is 44.6 Å². The molecule has 24 heavy (non-hydrogen) atoms. The maximum atomic E-state index is 12.9. The lowest BCUT2D eigenvalue weighted by atomic mass is 10.0. The van der Waals surface area contributed by atoms with Crippen LogP contribution in [0.2, 0.25) is 0 Å². The average molecular weight is 333 g/mol. The van der Waals surface area contributed by atoms with E-state index in [2.05, 4.69) is 15.0 Å². The molecule has 0 amide bonds. The van der Waals surface area contributed by atoms with Crippen molar-refractivity contribution in [1.82, 2.24) is 19.5 Å². The molecule has 0 bridgehead atoms. The van der Waals surface area contributed by atoms with Gasteiger partial charge in [0.2, 0.25) is 0 Å². The second-order valence-corrected chi connectivity index (χ2v) is 5.86. The minimum absolute atomic E-state index is 0.354. The molecule has 0 aliphatic carbocycles. The molecule has 0 radical (unpaired) electrons. The number of fused-ring (bicyclic) bond motifs is 2. The largest absolute Gasteiger partial charge is 0.417 e. The first-order valence-electron chi connectivity index (χ1n) is 7.49. The smallest absolute Gasteiger partial charge is 0.351 e. The van der Waals surface area contributed by atoms with Crippen LogP contribution < -0.4 is 4.90 Å². The molecule has 1 aliphatic rings. The van der Waals surface area contributed by atoms with Gasteiger partial charge in [0.05, 0.1) is 10.9 Å². The fourth-order valence-corrected chi connectivity index (χ4v) is 3.08. The summed E-state index contributed by atoms with van der Waals surface area (Å²) in [6.45, 7) is 1.01. The Kier molecular flexibility index (Phi) is 3.22. The topological polar surface area (TPSA) is 46.8 Å². The van der Waals surface area contributed by atoms with Crippen LogP contribution in [-0.4, -0.2) is 26.1 Å². The molecule has 1 aliphatic heterocycles. The standard InChI is InChI=1S/C16H14F3N5/c1-23-4-2-12-14(23)21-9-22-15(12)24-5-3-13-10(8-24)6-11(7-20-13)16(17,18)19/h2,4,6-7,9H,3,5,8H2,1H3. The SMILES string of the molecule is Cn1ccc2c(N3CCc4ncc(C(F)(F)F)cc4C3)ncnc21. The number of nitrogens with zero attached hydrogens (tertiary/aromatic N) is 5. The van der Waals surface area contributed by atoms with Gasteiger partial charge < -0.3 is 9.47 Å². The third-order valence-corrected chi connectivity index (χ3v) is 4.31. The van der Waals surface area contributed by atoms with E-state index in [1.807, 2.05) is 28.8 Å². The predicted octanol–water partition coefficient (Wildman–Crippen LogP) is 2.94. The number of anilines is 1. The zero-order valence-corrected chi connectivity index (χ0v) is 12.9. The Morgan fingerprint density at radius 3 is 2.79 bits per heavy atom. The van der Waals surface area contributed by atoms with Gasteiger partial charge in [0.25, 0.3) is 0 Å². The number of rotatable bonds is 1. The molecule has 8 heteroatoms. The van der Waals surface area contributed by atoms with Crippen LogP contribution in [0.4, 0.5) is 19.0 Å². The Hall–Kier alpha value is -2.64. The van der Waals surface area contributed by atoms with Crippen LogP contribution >= 0.6 is 0 Å². The normalized spacial score (nSPS) is 14.9. The highest BCUT2D eigenvalue weighted by Gasteiger charge is 2.32. The first kappa shape index (κ1) is 14.9. The Morgan fingerprint density at radius 2 is 2.00 bits per heavy atom. The molecule has 0 N–H and O–H groups in total. The summed E-state index contributed by atoms with van der Waals surface area (Å²) in [6.07, 6.45) is 0.494. The van der Waals surface area contributed by atoms with Gasteiger partial charge in [-0.15, -0.1) is 0 Å². The zero-order chi connectivity index (χ0) is 16.9. The highest BCUT2D eigenvalue weighted by Crippen LogP contribution is 2.32. The van der Waals surface area contributed by atoms with Crippen LogP contribution in [0.1, 0.15) is 16.8 Å². The lowest BCUT2D eigenvalue weighted by Gasteiger charge is -2.29. The maximum Gasteiger partial charge on any atom is 0.417 e. The molecule has 0 unspecified atom stereocenters. The molecular formula is C16H14F3N5. The third kappa shape index (κ3) is 2.38. The Morgan fingerprint density at radius 1 is 1.17 bits per heavy atom. The fraction of sp³-hybridized carbons (Fsp3) is 0.312. The summed E-state index contributed by atoms with van der Waals surface area (Å²) in [6, 6.07) is 3.11. The van der Waals surface area contributed by atoms with Gasteiger partial charge in [-0.3, -0.25) is 4.98 Å². The molecule has 0 fully saturated rings. The van der Waals surface area contributed by atoms with Gasteiger partial charge in [-0.2, -0.15) is 13.2 Å². The molecule has 0 saturated carbocycles. The lowest BCUT2D eigenvalue weighted by Crippen LogP contribution is -2.32. The summed E-state index contributed by atoms with van der Waals surface area (Å²) >= 11 is 0. The van der Waals surface area contributed by atoms with Crippen LogP contribution in [0.5, 0.6) is 0 Å². The van der Waals surface area contributed by atoms with Gasteiger partial charge in [0.15, 0.2) is 0 Å². The molecule has 0 saturated heterocycles. The number of hydrogen-bond acceptors (Lipinski definition) is 4. The summed E-state index contributed by atoms with van der Waals surface area (Å²) in [4.78, 5) is 14.6. The van der Waals surface area contributed by atoms with Crippen molar-refractivity contribution in [2.24, 2.45) is 7.05 Å². The molecule has 124 valence electrons. The van der Waals surface area contributed by atoms with E-state index in [0.29, 0.717) is 25.1 Å². The van der Waals surface area contributed by atoms with Crippen LogP contribution in [0.15, 0.2) is 30.9 Å². The monoisotopic (exact) mass is 333 g/mol. The quantitative estimate of drug-likeness (QED) is 0.687. The molecule has 3 aromatic rings. The van der Waals surface area contributed by atoms with E-state index in [4.69, 9.17) is 0 Å². The fourth-order valence-electron chi connectivity index (χ4n) is 3.08. The minimum atomic E-state index is -4.38. The minimum Gasteiger partial charge on any atom is -0.351 e. The van der Waals surface area contributed by atoms with Crippen molar-refractivity contribution < 1.29 is 13.2 Å². The predicted molar refractivity (Wildman–Crippen MR) is 82.5 cm³/mol. The van der Waals surface area contributed by atoms with Crippen LogP contribution in [0.3, 0.4) is 0 Å². The van der Waals surface area contributed by atoms with Crippen molar-refractivity contribution in [3.63, 3.8) is 0 Å². The van der Waals surface area contributed by atoms with Gasteiger partial charge in [-0.05, 0) is 17.7 Å². The molecule has 0 atom stereocenters. The van der Waals surface area contributed by atoms with Crippen molar-refractivity contribution in [2.75, 3.05) is 11.4 Å². The average Bonchev–Trinajstić information content (AvgIpc) is 2.94. The Labute approximate surface area is 135 Å². The molecule has 0 aromatic carbocycles. The number of aryl methyl sites for hydroxylation is 1. The summed E-state index contributed by atoms with van der Waals surface area (Å²) in [5, 5.41) is 0.892. The molecular weight excluding hydrogens is 319 g/mol. The summed E-state index contributed by atoms with van der Waals surface area (Å²) in [7, 11) is 1.89. The van der Waals surface area contributed by atoms with Gasteiger partial charge >= 0.3 is 6.18 Å². The zero-order valence-electron chi connectivity index (χ0n) is 12.9. The van der Waals surface area contributed by atoms with Crippen molar-refractivity contribution in [2.45, 2.75) is 19.1 Å². The van der Waals surface area contributed by atoms with E-state index in [1.54, 1.807) is 0 Å². The highest BCUT2D eigenvalue weighted by molar-refractivity contribution is 5.87. The van der Waals surface area contributed by atoms with E-state index in [-0.39, 0.29) is 0 Å². The van der Waals surface area contributed by atoms with Gasteiger partial charge in [0.1, 0.15) is 17.8 Å². The van der Waals surface area contributed by atoms with E-state index < -0.39 is 11.7 Å². The first-order valence-corrected chi connectivity index (χ1v) is 7.49. The van der Waals surface area contributed by atoms with Crippen molar-refractivity contribution >= 4 is 16.9 Å². The highest BCUT2D eigenvalue weighted by atomic mass is 19.4. The van der Waals surface area contributed by atoms with E-state index in [0.717, 1.165) is 28.7 Å². The maximum absolute atomic E-state index is 12.9. The molecule has 0 spiro atoms. The number of halogens is 3. The summed E-state index contributed by atoms with van der Waals surface area (Å²) in [5.41, 5.74) is 1.40. The van der Waals surface area contributed by atoms with Crippen molar-refractivity contribution in [3.8, 4) is 0 Å². The first-order chi connectivity index (χ1) is 11.4. The summed E-state index contributed by atoms with van der Waals surface area (Å²) < 4.78 is 40.6. The Bertz CT molecular complexity index is 916. The van der Waals surface area contributed by atoms with E-state index in [1.165, 1.54) is 12.4 Å². The molecule has 4 rings (SSSR count). The molecule has 3 aromatic heterocycles. The molecule has 4 heterocycles. The molecule has 5 nitrogen and oxygen atoms in total. The van der Waals surface area contributed by atoms with Crippen molar-refractivity contribution in [1.29, 1.82) is 0 Å². The van der Waals surface area contributed by atoms with Crippen LogP contribution in [0.25, 0.3) is 11.0 Å². The van der Waals surface area contributed by atoms with Crippen LogP contribution in [-0.2, 0) is 26.2 Å². The van der Waals surface area contributed by atoms with Crippen LogP contribution in [0, 0.1) is 0 Å². The summed E-state index contributed by atoms with van der Waals surface area (Å²) in [5.74, 6) is 0.740.